The number of methoxy groups -OCH3 is 1. The van der Waals surface area contributed by atoms with Crippen molar-refractivity contribution in [2.45, 2.75) is 137 Å². The van der Waals surface area contributed by atoms with Gasteiger partial charge in [0.2, 0.25) is 0 Å². The van der Waals surface area contributed by atoms with Crippen LogP contribution in [0.4, 0.5) is 0 Å². The topological polar surface area (TPSA) is 74.2 Å². The van der Waals surface area contributed by atoms with Gasteiger partial charge in [0.1, 0.15) is 6.10 Å². The van der Waals surface area contributed by atoms with Gasteiger partial charge in [-0.15, -0.1) is 0 Å². The van der Waals surface area contributed by atoms with E-state index in [-0.39, 0.29) is 47.1 Å². The summed E-state index contributed by atoms with van der Waals surface area (Å²) < 4.78 is 24.5. The number of benzene rings is 1. The molecule has 0 aliphatic heterocycles. The molecule has 1 aromatic rings. The lowest BCUT2D eigenvalue weighted by Gasteiger charge is -2.40. The molecule has 0 amide bonds. The van der Waals surface area contributed by atoms with Gasteiger partial charge in [-0.25, -0.2) is 0 Å². The smallest absolute Gasteiger partial charge is 0.305 e. The average molecular weight is 581 g/mol. The Morgan fingerprint density at radius 2 is 1.62 bits per heavy atom. The molecule has 0 fully saturated rings. The second-order valence-corrected chi connectivity index (χ2v) is 17.9. The lowest BCUT2D eigenvalue weighted by atomic mass is 9.85. The molecule has 0 heterocycles. The van der Waals surface area contributed by atoms with Crippen molar-refractivity contribution in [2.75, 3.05) is 13.7 Å². The van der Waals surface area contributed by atoms with Gasteiger partial charge in [-0.2, -0.15) is 0 Å². The summed E-state index contributed by atoms with van der Waals surface area (Å²) in [7, 11) is -0.199. The van der Waals surface area contributed by atoms with Gasteiger partial charge in [-0.1, -0.05) is 85.7 Å². The molecule has 0 radical (unpaired) electrons. The van der Waals surface area contributed by atoms with Gasteiger partial charge >= 0.3 is 5.97 Å². The molecule has 1 N–H and O–H groups in total. The van der Waals surface area contributed by atoms with E-state index in [0.717, 1.165) is 18.4 Å². The summed E-state index contributed by atoms with van der Waals surface area (Å²) in [6.07, 6.45) is 2.39. The van der Waals surface area contributed by atoms with Crippen LogP contribution in [0, 0.1) is 17.8 Å². The summed E-state index contributed by atoms with van der Waals surface area (Å²) >= 11 is 0. The van der Waals surface area contributed by atoms with Crippen molar-refractivity contribution in [3.8, 4) is 0 Å². The summed E-state index contributed by atoms with van der Waals surface area (Å²) in [5.74, 6) is -0.0562. The number of rotatable bonds is 19. The first-order valence-corrected chi connectivity index (χ1v) is 18.3. The van der Waals surface area contributed by atoms with Crippen molar-refractivity contribution < 1.29 is 28.5 Å². The first kappa shape index (κ1) is 36.8. The zero-order valence-electron chi connectivity index (χ0n) is 27.4. The highest BCUT2D eigenvalue weighted by Gasteiger charge is 2.39. The molecule has 1 aromatic carbocycles. The maximum atomic E-state index is 12.4. The molecule has 7 heteroatoms. The number of ether oxygens (including phenoxy) is 3. The quantitative estimate of drug-likeness (QED) is 0.133. The van der Waals surface area contributed by atoms with Crippen molar-refractivity contribution >= 4 is 14.3 Å². The van der Waals surface area contributed by atoms with Crippen LogP contribution in [-0.2, 0) is 30.0 Å². The highest BCUT2D eigenvalue weighted by molar-refractivity contribution is 6.74. The van der Waals surface area contributed by atoms with E-state index in [4.69, 9.17) is 18.6 Å². The van der Waals surface area contributed by atoms with Crippen LogP contribution in [0.3, 0.4) is 0 Å². The van der Waals surface area contributed by atoms with Crippen LogP contribution in [0.15, 0.2) is 30.3 Å². The van der Waals surface area contributed by atoms with E-state index in [2.05, 4.69) is 73.7 Å². The molecule has 2 unspecified atom stereocenters. The lowest BCUT2D eigenvalue weighted by Crippen LogP contribution is -2.44. The normalized spacial score (nSPS) is 17.9. The summed E-state index contributed by atoms with van der Waals surface area (Å²) in [5.41, 5.74) is 1.14. The summed E-state index contributed by atoms with van der Waals surface area (Å²) in [6.45, 7) is 22.6. The molecular weight excluding hydrogens is 520 g/mol. The molecule has 0 aliphatic carbocycles. The van der Waals surface area contributed by atoms with E-state index in [1.165, 1.54) is 0 Å². The minimum absolute atomic E-state index is 0.0227. The zero-order chi connectivity index (χ0) is 30.5. The maximum absolute atomic E-state index is 12.4. The predicted octanol–water partition coefficient (Wildman–Crippen LogP) is 7.78. The largest absolute Gasteiger partial charge is 0.462 e. The first-order chi connectivity index (χ1) is 18.7. The molecule has 0 bridgehead atoms. The molecule has 232 valence electrons. The number of hydrogen-bond acceptors (Lipinski definition) is 6. The monoisotopic (exact) mass is 580 g/mol. The van der Waals surface area contributed by atoms with Gasteiger partial charge in [-0.3, -0.25) is 4.79 Å². The highest BCUT2D eigenvalue weighted by atomic mass is 28.4. The summed E-state index contributed by atoms with van der Waals surface area (Å²) in [6, 6.07) is 10.1. The fourth-order valence-electron chi connectivity index (χ4n) is 4.90. The molecule has 0 aliphatic rings. The first-order valence-electron chi connectivity index (χ1n) is 15.4. The minimum atomic E-state index is -1.91. The van der Waals surface area contributed by atoms with Gasteiger partial charge < -0.3 is 23.7 Å². The Balaban J connectivity index is 2.80. The number of aliphatic hydroxyl groups excluding tert-OH is 1. The van der Waals surface area contributed by atoms with Gasteiger partial charge in [-0.05, 0) is 55.3 Å². The van der Waals surface area contributed by atoms with Crippen LogP contribution in [-0.4, -0.2) is 57.5 Å². The third-order valence-electron chi connectivity index (χ3n) is 8.79. The summed E-state index contributed by atoms with van der Waals surface area (Å²) in [5, 5.41) is 11.2. The minimum Gasteiger partial charge on any atom is -0.462 e. The van der Waals surface area contributed by atoms with Crippen molar-refractivity contribution in [2.24, 2.45) is 17.8 Å². The molecular formula is C33H60O6Si. The number of carbonyl (C=O) groups is 1. The maximum Gasteiger partial charge on any atom is 0.305 e. The van der Waals surface area contributed by atoms with Crippen LogP contribution >= 0.6 is 0 Å². The Morgan fingerprint density at radius 1 is 1.00 bits per heavy atom. The molecule has 6 nitrogen and oxygen atoms in total. The Bertz CT molecular complexity index is 824. The number of esters is 1. The molecule has 7 atom stereocenters. The number of carbonyl (C=O) groups excluding carboxylic acids is 1. The van der Waals surface area contributed by atoms with Crippen molar-refractivity contribution in [1.29, 1.82) is 0 Å². The standard InChI is InChI=1S/C33H60O6Si/c1-12-28(39-40(10,11)33(6,7)8)21-29(34)24(3)19-20-30(38-31(35)13-2)26(5)32(36-9)25(4)22-37-23-27-17-15-14-16-18-27/h14-18,24-26,28-30,32,34H,12-13,19-23H2,1-11H3/t24-,25?,26?,28+,29-,30-,32+/m0/s1. The van der Waals surface area contributed by atoms with E-state index in [0.29, 0.717) is 32.5 Å². The van der Waals surface area contributed by atoms with Gasteiger partial charge in [0, 0.05) is 31.5 Å². The molecule has 0 saturated carbocycles. The molecule has 1 rings (SSSR count). The van der Waals surface area contributed by atoms with Crippen molar-refractivity contribution in [3.63, 3.8) is 0 Å². The van der Waals surface area contributed by atoms with Crippen molar-refractivity contribution in [3.05, 3.63) is 35.9 Å². The molecule has 0 spiro atoms. The van der Waals surface area contributed by atoms with E-state index in [9.17, 15) is 9.90 Å². The zero-order valence-corrected chi connectivity index (χ0v) is 28.4. The second kappa shape index (κ2) is 17.6. The average Bonchev–Trinajstić information content (AvgIpc) is 2.90. The Morgan fingerprint density at radius 3 is 2.15 bits per heavy atom. The SMILES string of the molecule is CCC(=O)O[C@@H](CC[C@H](C)[C@@H](O)C[C@@H](CC)O[Si](C)(C)C(C)(C)C)C(C)[C@H](OC)C(C)COCc1ccccc1. The van der Waals surface area contributed by atoms with Crippen LogP contribution < -0.4 is 0 Å². The van der Waals surface area contributed by atoms with Crippen LogP contribution in [0.2, 0.25) is 18.1 Å². The van der Waals surface area contributed by atoms with E-state index < -0.39 is 14.4 Å². The van der Waals surface area contributed by atoms with Crippen LogP contribution in [0.5, 0.6) is 0 Å². The Kier molecular flexibility index (Phi) is 16.2. The highest BCUT2D eigenvalue weighted by Crippen LogP contribution is 2.38. The molecule has 0 saturated heterocycles. The third-order valence-corrected chi connectivity index (χ3v) is 13.3. The summed E-state index contributed by atoms with van der Waals surface area (Å²) in [4.78, 5) is 12.4. The fraction of sp³-hybridized carbons (Fsp3) is 0.788. The fourth-order valence-corrected chi connectivity index (χ4v) is 6.35. The third kappa shape index (κ3) is 12.3. The lowest BCUT2D eigenvalue weighted by molar-refractivity contribution is -0.156. The number of aliphatic hydroxyl groups is 1. The predicted molar refractivity (Wildman–Crippen MR) is 167 cm³/mol. The van der Waals surface area contributed by atoms with Crippen LogP contribution in [0.25, 0.3) is 0 Å². The van der Waals surface area contributed by atoms with Gasteiger partial charge in [0.05, 0.1) is 25.4 Å². The van der Waals surface area contributed by atoms with Gasteiger partial charge in [0.15, 0.2) is 8.32 Å². The Labute approximate surface area is 246 Å². The Hall–Kier alpha value is -1.25. The molecule has 0 aromatic heterocycles. The number of hydrogen-bond donors (Lipinski definition) is 1. The molecule has 40 heavy (non-hydrogen) atoms. The van der Waals surface area contributed by atoms with E-state index in [1.807, 2.05) is 25.1 Å². The van der Waals surface area contributed by atoms with Crippen molar-refractivity contribution in [1.82, 2.24) is 0 Å². The second-order valence-electron chi connectivity index (χ2n) is 13.2. The van der Waals surface area contributed by atoms with Crippen LogP contribution in [0.1, 0.15) is 93.1 Å². The van der Waals surface area contributed by atoms with E-state index >= 15 is 0 Å². The van der Waals surface area contributed by atoms with Gasteiger partial charge in [0.25, 0.3) is 0 Å². The van der Waals surface area contributed by atoms with E-state index in [1.54, 1.807) is 7.11 Å².